The maximum Gasteiger partial charge on any atom is 0.0350 e. The second-order valence-electron chi connectivity index (χ2n) is 4.63. The summed E-state index contributed by atoms with van der Waals surface area (Å²) >= 11 is 0. The monoisotopic (exact) mass is 213 g/mol. The molecular weight excluding hydrogens is 194 g/mol. The van der Waals surface area contributed by atoms with Crippen LogP contribution < -0.4 is 5.73 Å². The van der Waals surface area contributed by atoms with Crippen LogP contribution in [0.5, 0.6) is 0 Å². The van der Waals surface area contributed by atoms with E-state index in [0.717, 1.165) is 18.5 Å². The Kier molecular flexibility index (Phi) is 2.86. The van der Waals surface area contributed by atoms with Crippen molar-refractivity contribution >= 4 is 5.57 Å². The van der Waals surface area contributed by atoms with Crippen molar-refractivity contribution < 1.29 is 0 Å². The van der Waals surface area contributed by atoms with Crippen LogP contribution in [0.1, 0.15) is 35.1 Å². The molecule has 0 unspecified atom stereocenters. The van der Waals surface area contributed by atoms with E-state index in [2.05, 4.69) is 45.1 Å². The Bertz CT molecular complexity index is 455. The lowest BCUT2D eigenvalue weighted by Crippen LogP contribution is -2.06. The molecule has 1 heteroatoms. The van der Waals surface area contributed by atoms with Gasteiger partial charge in [-0.2, -0.15) is 0 Å². The lowest BCUT2D eigenvalue weighted by Gasteiger charge is -2.18. The van der Waals surface area contributed by atoms with Crippen molar-refractivity contribution in [3.05, 3.63) is 52.2 Å². The minimum absolute atomic E-state index is 0.932. The van der Waals surface area contributed by atoms with Crippen LogP contribution in [0.3, 0.4) is 0 Å². The Balaban J connectivity index is 2.56. The Labute approximate surface area is 97.7 Å². The number of hydrogen-bond acceptors (Lipinski definition) is 1. The molecule has 0 saturated carbocycles. The summed E-state index contributed by atoms with van der Waals surface area (Å²) in [5, 5.41) is 0. The largest absolute Gasteiger partial charge is 0.398 e. The van der Waals surface area contributed by atoms with Gasteiger partial charge in [0.05, 0.1) is 0 Å². The van der Waals surface area contributed by atoms with Crippen LogP contribution in [0.25, 0.3) is 5.57 Å². The van der Waals surface area contributed by atoms with Gasteiger partial charge >= 0.3 is 0 Å². The molecule has 1 nitrogen and oxygen atoms in total. The molecule has 0 spiro atoms. The van der Waals surface area contributed by atoms with Crippen LogP contribution >= 0.6 is 0 Å². The molecule has 1 aromatic carbocycles. The molecule has 1 aromatic rings. The molecule has 0 bridgehead atoms. The van der Waals surface area contributed by atoms with E-state index in [4.69, 9.17) is 5.73 Å². The van der Waals surface area contributed by atoms with Gasteiger partial charge in [0, 0.05) is 11.3 Å². The van der Waals surface area contributed by atoms with Crippen molar-refractivity contribution in [2.45, 2.75) is 33.6 Å². The van der Waals surface area contributed by atoms with E-state index in [1.54, 1.807) is 0 Å². The summed E-state index contributed by atoms with van der Waals surface area (Å²) in [6, 6.07) is 4.45. The summed E-state index contributed by atoms with van der Waals surface area (Å²) in [4.78, 5) is 0. The molecule has 0 aromatic heterocycles. The standard InChI is InChI=1S/C15H19N/c1-10-8-11(2)15(12(3)9-10)13-6-4-5-7-14(13)16/h6-9H,4-5,16H2,1-3H3. The van der Waals surface area contributed by atoms with Gasteiger partial charge in [0.25, 0.3) is 0 Å². The molecule has 84 valence electrons. The van der Waals surface area contributed by atoms with Crippen molar-refractivity contribution in [2.24, 2.45) is 5.73 Å². The Morgan fingerprint density at radius 3 is 2.06 bits per heavy atom. The zero-order chi connectivity index (χ0) is 11.7. The Morgan fingerprint density at radius 1 is 0.938 bits per heavy atom. The summed E-state index contributed by atoms with van der Waals surface area (Å²) in [5.41, 5.74) is 13.5. The summed E-state index contributed by atoms with van der Waals surface area (Å²) < 4.78 is 0. The van der Waals surface area contributed by atoms with Crippen molar-refractivity contribution in [3.8, 4) is 0 Å². The molecule has 16 heavy (non-hydrogen) atoms. The van der Waals surface area contributed by atoms with Crippen LogP contribution in [0.15, 0.2) is 30.0 Å². The second-order valence-corrected chi connectivity index (χ2v) is 4.63. The maximum atomic E-state index is 6.08. The van der Waals surface area contributed by atoms with E-state index < -0.39 is 0 Å². The SMILES string of the molecule is Cc1cc(C)c(C2=CCCC=C2N)c(C)c1. The molecule has 0 heterocycles. The quantitative estimate of drug-likeness (QED) is 0.757. The highest BCUT2D eigenvalue weighted by Gasteiger charge is 2.13. The van der Waals surface area contributed by atoms with E-state index in [1.165, 1.54) is 27.8 Å². The highest BCUT2D eigenvalue weighted by Crippen LogP contribution is 2.30. The normalized spacial score (nSPS) is 15.7. The fraction of sp³-hybridized carbons (Fsp3) is 0.333. The van der Waals surface area contributed by atoms with Gasteiger partial charge in [0.1, 0.15) is 0 Å². The average molecular weight is 213 g/mol. The predicted octanol–water partition coefficient (Wildman–Crippen LogP) is 3.63. The number of hydrogen-bond donors (Lipinski definition) is 1. The minimum atomic E-state index is 0.932. The number of nitrogens with two attached hydrogens (primary N) is 1. The van der Waals surface area contributed by atoms with Crippen molar-refractivity contribution in [1.29, 1.82) is 0 Å². The van der Waals surface area contributed by atoms with Gasteiger partial charge < -0.3 is 5.73 Å². The smallest absolute Gasteiger partial charge is 0.0350 e. The van der Waals surface area contributed by atoms with Crippen molar-refractivity contribution in [2.75, 3.05) is 0 Å². The first-order valence-corrected chi connectivity index (χ1v) is 5.84. The third-order valence-corrected chi connectivity index (χ3v) is 3.14. The molecule has 1 aliphatic rings. The number of aryl methyl sites for hydroxylation is 3. The van der Waals surface area contributed by atoms with Gasteiger partial charge in [-0.15, -0.1) is 0 Å². The molecule has 0 amide bonds. The van der Waals surface area contributed by atoms with E-state index >= 15 is 0 Å². The lowest BCUT2D eigenvalue weighted by molar-refractivity contribution is 1.01. The van der Waals surface area contributed by atoms with Crippen LogP contribution in [-0.2, 0) is 0 Å². The zero-order valence-corrected chi connectivity index (χ0v) is 10.3. The molecule has 0 saturated heterocycles. The Hall–Kier alpha value is -1.50. The van der Waals surface area contributed by atoms with Crippen LogP contribution in [0.2, 0.25) is 0 Å². The first-order valence-electron chi connectivity index (χ1n) is 5.84. The number of benzene rings is 1. The molecule has 2 N–H and O–H groups in total. The predicted molar refractivity (Wildman–Crippen MR) is 70.1 cm³/mol. The molecule has 1 aliphatic carbocycles. The fourth-order valence-corrected chi connectivity index (χ4v) is 2.55. The van der Waals surface area contributed by atoms with Gasteiger partial charge in [0.15, 0.2) is 0 Å². The van der Waals surface area contributed by atoms with E-state index in [0.29, 0.717) is 0 Å². The summed E-state index contributed by atoms with van der Waals surface area (Å²) in [6.07, 6.45) is 6.57. The molecule has 0 atom stereocenters. The number of allylic oxidation sites excluding steroid dienone is 3. The van der Waals surface area contributed by atoms with Gasteiger partial charge in [0.2, 0.25) is 0 Å². The van der Waals surface area contributed by atoms with Gasteiger partial charge in [-0.05, 0) is 50.3 Å². The van der Waals surface area contributed by atoms with Crippen molar-refractivity contribution in [3.63, 3.8) is 0 Å². The maximum absolute atomic E-state index is 6.08. The first kappa shape index (κ1) is 11.0. The van der Waals surface area contributed by atoms with Gasteiger partial charge in [-0.3, -0.25) is 0 Å². The Morgan fingerprint density at radius 2 is 1.50 bits per heavy atom. The summed E-state index contributed by atoms with van der Waals surface area (Å²) in [6.45, 7) is 6.47. The molecule has 0 radical (unpaired) electrons. The molecular formula is C15H19N. The van der Waals surface area contributed by atoms with Crippen molar-refractivity contribution in [1.82, 2.24) is 0 Å². The van der Waals surface area contributed by atoms with Crippen LogP contribution in [0, 0.1) is 20.8 Å². The summed E-state index contributed by atoms with van der Waals surface area (Å²) in [5.74, 6) is 0. The second kappa shape index (κ2) is 4.17. The van der Waals surface area contributed by atoms with E-state index in [-0.39, 0.29) is 0 Å². The summed E-state index contributed by atoms with van der Waals surface area (Å²) in [7, 11) is 0. The zero-order valence-electron chi connectivity index (χ0n) is 10.3. The molecule has 2 rings (SSSR count). The number of rotatable bonds is 1. The highest BCUT2D eigenvalue weighted by atomic mass is 14.6. The van der Waals surface area contributed by atoms with Gasteiger partial charge in [-0.1, -0.05) is 29.8 Å². The molecule has 0 aliphatic heterocycles. The third kappa shape index (κ3) is 1.90. The van der Waals surface area contributed by atoms with Crippen LogP contribution in [0.4, 0.5) is 0 Å². The van der Waals surface area contributed by atoms with Gasteiger partial charge in [-0.25, -0.2) is 0 Å². The first-order chi connectivity index (χ1) is 7.59. The molecule has 0 fully saturated rings. The third-order valence-electron chi connectivity index (χ3n) is 3.14. The minimum Gasteiger partial charge on any atom is -0.398 e. The topological polar surface area (TPSA) is 26.0 Å². The lowest BCUT2D eigenvalue weighted by atomic mass is 9.89. The average Bonchev–Trinajstić information content (AvgIpc) is 2.19. The van der Waals surface area contributed by atoms with E-state index in [9.17, 15) is 0 Å². The van der Waals surface area contributed by atoms with Crippen LogP contribution in [-0.4, -0.2) is 0 Å². The van der Waals surface area contributed by atoms with E-state index in [1.807, 2.05) is 0 Å². The fourth-order valence-electron chi connectivity index (χ4n) is 2.55. The highest BCUT2D eigenvalue weighted by molar-refractivity contribution is 5.82.